The van der Waals surface area contributed by atoms with E-state index in [1.165, 1.54) is 22.3 Å². The molecule has 0 aliphatic heterocycles. The molecule has 0 amide bonds. The van der Waals surface area contributed by atoms with Crippen molar-refractivity contribution < 1.29 is 5.11 Å². The molecular weight excluding hydrogens is 256 g/mol. The Morgan fingerprint density at radius 3 is 2.10 bits per heavy atom. The molecule has 0 aliphatic rings. The summed E-state index contributed by atoms with van der Waals surface area (Å²) >= 11 is 0. The molecule has 0 saturated carbocycles. The van der Waals surface area contributed by atoms with Gasteiger partial charge in [0.1, 0.15) is 0 Å². The Morgan fingerprint density at radius 2 is 1.57 bits per heavy atom. The van der Waals surface area contributed by atoms with E-state index >= 15 is 0 Å². The Labute approximate surface area is 128 Å². The van der Waals surface area contributed by atoms with Crippen LogP contribution in [0, 0.1) is 6.92 Å². The molecule has 1 nitrogen and oxygen atoms in total. The van der Waals surface area contributed by atoms with Crippen LogP contribution in [0.15, 0.2) is 48.5 Å². The van der Waals surface area contributed by atoms with E-state index in [-0.39, 0.29) is 17.9 Å². The Bertz CT molecular complexity index is 576. The van der Waals surface area contributed by atoms with Crippen molar-refractivity contribution >= 4 is 0 Å². The summed E-state index contributed by atoms with van der Waals surface area (Å²) in [5.41, 5.74) is 5.32. The van der Waals surface area contributed by atoms with Crippen LogP contribution in [0.5, 0.6) is 0 Å². The second-order valence-corrected chi connectivity index (χ2v) is 6.89. The summed E-state index contributed by atoms with van der Waals surface area (Å²) in [4.78, 5) is 0. The van der Waals surface area contributed by atoms with E-state index in [2.05, 4.69) is 64.1 Å². The van der Waals surface area contributed by atoms with Crippen molar-refractivity contribution in [1.82, 2.24) is 0 Å². The van der Waals surface area contributed by atoms with Gasteiger partial charge in [0, 0.05) is 5.92 Å². The lowest BCUT2D eigenvalue weighted by molar-refractivity contribution is 0.264. The third-order valence-electron chi connectivity index (χ3n) is 4.15. The van der Waals surface area contributed by atoms with E-state index in [1.807, 2.05) is 12.1 Å². The fourth-order valence-electron chi connectivity index (χ4n) is 2.74. The molecule has 2 aromatic carbocycles. The first-order chi connectivity index (χ1) is 9.91. The van der Waals surface area contributed by atoms with Gasteiger partial charge in [0.2, 0.25) is 0 Å². The Hall–Kier alpha value is -1.60. The third kappa shape index (κ3) is 3.95. The lowest BCUT2D eigenvalue weighted by Gasteiger charge is -2.20. The van der Waals surface area contributed by atoms with Crippen LogP contribution >= 0.6 is 0 Å². The monoisotopic (exact) mass is 282 g/mol. The molecule has 0 heterocycles. The standard InChI is InChI=1S/C20H26O/c1-15-7-5-6-8-19(15)17(14-21)13-16-9-11-18(12-10-16)20(2,3)4/h5-12,17,21H,13-14H2,1-4H3. The van der Waals surface area contributed by atoms with Gasteiger partial charge in [-0.1, -0.05) is 69.3 Å². The van der Waals surface area contributed by atoms with Gasteiger partial charge in [0.25, 0.3) is 0 Å². The first-order valence-electron chi connectivity index (χ1n) is 7.67. The summed E-state index contributed by atoms with van der Waals surface area (Å²) in [6.45, 7) is 8.98. The number of hydrogen-bond donors (Lipinski definition) is 1. The fraction of sp³-hybridized carbons (Fsp3) is 0.400. The van der Waals surface area contributed by atoms with Gasteiger partial charge in [0.05, 0.1) is 6.61 Å². The summed E-state index contributed by atoms with van der Waals surface area (Å²) in [7, 11) is 0. The van der Waals surface area contributed by atoms with Crippen LogP contribution < -0.4 is 0 Å². The van der Waals surface area contributed by atoms with Gasteiger partial charge in [-0.25, -0.2) is 0 Å². The van der Waals surface area contributed by atoms with Crippen LogP contribution in [0.3, 0.4) is 0 Å². The smallest absolute Gasteiger partial charge is 0.0503 e. The zero-order chi connectivity index (χ0) is 15.5. The van der Waals surface area contributed by atoms with Crippen molar-refractivity contribution in [2.75, 3.05) is 6.61 Å². The number of aliphatic hydroxyl groups is 1. The zero-order valence-corrected chi connectivity index (χ0v) is 13.6. The van der Waals surface area contributed by atoms with E-state index in [9.17, 15) is 5.11 Å². The minimum absolute atomic E-state index is 0.173. The topological polar surface area (TPSA) is 20.2 Å². The Morgan fingerprint density at radius 1 is 0.952 bits per heavy atom. The molecule has 0 saturated heterocycles. The highest BCUT2D eigenvalue weighted by Crippen LogP contribution is 2.26. The largest absolute Gasteiger partial charge is 0.396 e. The molecule has 112 valence electrons. The highest BCUT2D eigenvalue weighted by atomic mass is 16.3. The zero-order valence-electron chi connectivity index (χ0n) is 13.6. The maximum atomic E-state index is 9.75. The molecule has 0 bridgehead atoms. The lowest BCUT2D eigenvalue weighted by atomic mass is 9.85. The molecule has 0 aromatic heterocycles. The van der Waals surface area contributed by atoms with Gasteiger partial charge in [-0.15, -0.1) is 0 Å². The normalized spacial score (nSPS) is 13.2. The van der Waals surface area contributed by atoms with Crippen molar-refractivity contribution in [2.45, 2.75) is 45.4 Å². The molecular formula is C20H26O. The Kier molecular flexibility index (Phi) is 4.84. The van der Waals surface area contributed by atoms with Crippen LogP contribution in [0.25, 0.3) is 0 Å². The summed E-state index contributed by atoms with van der Waals surface area (Å²) in [6, 6.07) is 17.1. The number of aryl methyl sites for hydroxylation is 1. The molecule has 1 N–H and O–H groups in total. The predicted octanol–water partition coefficient (Wildman–Crippen LogP) is 4.61. The second kappa shape index (κ2) is 6.44. The molecule has 0 radical (unpaired) electrons. The summed E-state index contributed by atoms with van der Waals surface area (Å²) in [6.07, 6.45) is 0.881. The van der Waals surface area contributed by atoms with Crippen LogP contribution in [0.2, 0.25) is 0 Å². The van der Waals surface area contributed by atoms with Gasteiger partial charge < -0.3 is 5.11 Å². The Balaban J connectivity index is 2.18. The van der Waals surface area contributed by atoms with E-state index in [4.69, 9.17) is 0 Å². The minimum Gasteiger partial charge on any atom is -0.396 e. The fourth-order valence-corrected chi connectivity index (χ4v) is 2.74. The average Bonchev–Trinajstić information content (AvgIpc) is 2.45. The van der Waals surface area contributed by atoms with Crippen LogP contribution in [0.4, 0.5) is 0 Å². The summed E-state index contributed by atoms with van der Waals surface area (Å²) < 4.78 is 0. The number of aliphatic hydroxyl groups excluding tert-OH is 1. The highest BCUT2D eigenvalue weighted by Gasteiger charge is 2.15. The van der Waals surface area contributed by atoms with E-state index in [1.54, 1.807) is 0 Å². The van der Waals surface area contributed by atoms with Gasteiger partial charge in [-0.05, 0) is 41.0 Å². The maximum Gasteiger partial charge on any atom is 0.0503 e. The second-order valence-electron chi connectivity index (χ2n) is 6.89. The van der Waals surface area contributed by atoms with Crippen molar-refractivity contribution in [3.05, 3.63) is 70.8 Å². The highest BCUT2D eigenvalue weighted by molar-refractivity contribution is 5.33. The average molecular weight is 282 g/mol. The first kappa shape index (κ1) is 15.8. The van der Waals surface area contributed by atoms with Crippen molar-refractivity contribution in [3.63, 3.8) is 0 Å². The number of benzene rings is 2. The van der Waals surface area contributed by atoms with Gasteiger partial charge >= 0.3 is 0 Å². The third-order valence-corrected chi connectivity index (χ3v) is 4.15. The van der Waals surface area contributed by atoms with Gasteiger partial charge in [0.15, 0.2) is 0 Å². The minimum atomic E-state index is 0.173. The van der Waals surface area contributed by atoms with E-state index in [0.717, 1.165) is 6.42 Å². The molecule has 1 atom stereocenters. The van der Waals surface area contributed by atoms with Crippen LogP contribution in [0.1, 0.15) is 48.9 Å². The number of hydrogen-bond acceptors (Lipinski definition) is 1. The van der Waals surface area contributed by atoms with E-state index in [0.29, 0.717) is 0 Å². The molecule has 0 fully saturated rings. The lowest BCUT2D eigenvalue weighted by Crippen LogP contribution is -2.12. The predicted molar refractivity (Wildman–Crippen MR) is 89.9 cm³/mol. The maximum absolute atomic E-state index is 9.75. The first-order valence-corrected chi connectivity index (χ1v) is 7.67. The molecule has 1 heteroatoms. The van der Waals surface area contributed by atoms with E-state index < -0.39 is 0 Å². The number of rotatable bonds is 4. The molecule has 2 aromatic rings. The van der Waals surface area contributed by atoms with Crippen molar-refractivity contribution in [3.8, 4) is 0 Å². The van der Waals surface area contributed by atoms with Gasteiger partial charge in [-0.3, -0.25) is 0 Å². The molecule has 21 heavy (non-hydrogen) atoms. The van der Waals surface area contributed by atoms with Crippen molar-refractivity contribution in [2.24, 2.45) is 0 Å². The molecule has 0 aliphatic carbocycles. The SMILES string of the molecule is Cc1ccccc1C(CO)Cc1ccc(C(C)(C)C)cc1. The summed E-state index contributed by atoms with van der Waals surface area (Å²) in [5.74, 6) is 0.173. The van der Waals surface area contributed by atoms with Crippen LogP contribution in [-0.2, 0) is 11.8 Å². The van der Waals surface area contributed by atoms with Gasteiger partial charge in [-0.2, -0.15) is 0 Å². The molecule has 1 unspecified atom stereocenters. The quantitative estimate of drug-likeness (QED) is 0.868. The van der Waals surface area contributed by atoms with Crippen LogP contribution in [-0.4, -0.2) is 11.7 Å². The molecule has 0 spiro atoms. The summed E-state index contributed by atoms with van der Waals surface area (Å²) in [5, 5.41) is 9.75. The molecule has 2 rings (SSSR count). The van der Waals surface area contributed by atoms with Crippen molar-refractivity contribution in [1.29, 1.82) is 0 Å².